The van der Waals surface area contributed by atoms with Gasteiger partial charge in [-0.05, 0) is 23.5 Å². The molecular weight excluding hydrogens is 250 g/mol. The third-order valence-electron chi connectivity index (χ3n) is 2.05. The van der Waals surface area contributed by atoms with E-state index in [1.165, 1.54) is 12.1 Å². The molecule has 0 aromatic heterocycles. The van der Waals surface area contributed by atoms with Crippen LogP contribution in [0.5, 0.6) is 0 Å². The first kappa shape index (κ1) is 11.6. The zero-order valence-electron chi connectivity index (χ0n) is 8.28. The number of hydrogen-bond donors (Lipinski definition) is 0. The average Bonchev–Trinajstić information content (AvgIpc) is 2.10. The predicted octanol–water partition coefficient (Wildman–Crippen LogP) is 3.93. The summed E-state index contributed by atoms with van der Waals surface area (Å²) in [5.41, 5.74) is 0.550. The summed E-state index contributed by atoms with van der Waals surface area (Å²) in [7, 11) is 0. The molecule has 1 aromatic rings. The molecule has 0 bridgehead atoms. The van der Waals surface area contributed by atoms with Gasteiger partial charge in [0.2, 0.25) is 0 Å². The molecule has 0 aliphatic heterocycles. The van der Waals surface area contributed by atoms with Crippen LogP contribution < -0.4 is 0 Å². The lowest BCUT2D eigenvalue weighted by Crippen LogP contribution is -2.17. The Morgan fingerprint density at radius 1 is 1.29 bits per heavy atom. The van der Waals surface area contributed by atoms with Crippen molar-refractivity contribution in [1.29, 1.82) is 0 Å². The molecule has 0 fully saturated rings. The summed E-state index contributed by atoms with van der Waals surface area (Å²) in [5, 5.41) is 0.789. The Hall–Kier alpha value is -0.440. The first-order chi connectivity index (χ1) is 6.44. The number of alkyl halides is 1. The number of rotatable bonds is 3. The van der Waals surface area contributed by atoms with E-state index in [2.05, 4.69) is 15.9 Å². The Balaban J connectivity index is 2.87. The maximum Gasteiger partial charge on any atom is 0.129 e. The number of halogens is 3. The van der Waals surface area contributed by atoms with Crippen LogP contribution in [0, 0.1) is 17.0 Å². The Bertz CT molecular complexity index is 321. The third kappa shape index (κ3) is 3.05. The molecule has 0 atom stereocenters. The van der Waals surface area contributed by atoms with Crippen molar-refractivity contribution in [2.75, 3.05) is 5.33 Å². The van der Waals surface area contributed by atoms with Crippen LogP contribution >= 0.6 is 15.9 Å². The lowest BCUT2D eigenvalue weighted by molar-refractivity contribution is 0.413. The summed E-state index contributed by atoms with van der Waals surface area (Å²) < 4.78 is 25.9. The summed E-state index contributed by atoms with van der Waals surface area (Å²) in [6, 6.07) is 3.73. The fraction of sp³-hybridized carbons (Fsp3) is 0.455. The zero-order valence-corrected chi connectivity index (χ0v) is 9.87. The topological polar surface area (TPSA) is 0 Å². The second-order valence-electron chi connectivity index (χ2n) is 4.21. The highest BCUT2D eigenvalue weighted by molar-refractivity contribution is 9.09. The highest BCUT2D eigenvalue weighted by Crippen LogP contribution is 2.25. The second-order valence-corrected chi connectivity index (χ2v) is 4.77. The van der Waals surface area contributed by atoms with E-state index in [0.717, 1.165) is 11.4 Å². The number of hydrogen-bond acceptors (Lipinski definition) is 0. The molecule has 1 rings (SSSR count). The van der Waals surface area contributed by atoms with Crippen LogP contribution in [0.1, 0.15) is 19.4 Å². The molecule has 0 radical (unpaired) electrons. The summed E-state index contributed by atoms with van der Waals surface area (Å²) in [4.78, 5) is 0. The van der Waals surface area contributed by atoms with E-state index >= 15 is 0 Å². The van der Waals surface area contributed by atoms with Gasteiger partial charge in [0.1, 0.15) is 11.6 Å². The first-order valence-corrected chi connectivity index (χ1v) is 5.57. The molecule has 0 spiro atoms. The van der Waals surface area contributed by atoms with Crippen molar-refractivity contribution >= 4 is 15.9 Å². The van der Waals surface area contributed by atoms with Gasteiger partial charge in [0.25, 0.3) is 0 Å². The van der Waals surface area contributed by atoms with Crippen LogP contribution in [0.4, 0.5) is 8.78 Å². The minimum atomic E-state index is -0.525. The van der Waals surface area contributed by atoms with Crippen LogP contribution in [-0.2, 0) is 6.42 Å². The largest absolute Gasteiger partial charge is 0.207 e. The zero-order chi connectivity index (χ0) is 10.8. The van der Waals surface area contributed by atoms with Crippen molar-refractivity contribution in [3.63, 3.8) is 0 Å². The lowest BCUT2D eigenvalue weighted by atomic mass is 9.88. The fourth-order valence-electron chi connectivity index (χ4n) is 1.23. The van der Waals surface area contributed by atoms with Crippen LogP contribution in [0.15, 0.2) is 18.2 Å². The van der Waals surface area contributed by atoms with Crippen molar-refractivity contribution in [3.8, 4) is 0 Å². The lowest BCUT2D eigenvalue weighted by Gasteiger charge is -2.21. The van der Waals surface area contributed by atoms with Gasteiger partial charge in [-0.15, -0.1) is 0 Å². The van der Waals surface area contributed by atoms with Crippen LogP contribution in [0.2, 0.25) is 0 Å². The summed E-state index contributed by atoms with van der Waals surface area (Å²) in [6.45, 7) is 4.06. The van der Waals surface area contributed by atoms with Gasteiger partial charge in [-0.2, -0.15) is 0 Å². The Kier molecular flexibility index (Phi) is 3.65. The van der Waals surface area contributed by atoms with Gasteiger partial charge in [-0.25, -0.2) is 8.78 Å². The van der Waals surface area contributed by atoms with Crippen LogP contribution in [0.25, 0.3) is 0 Å². The quantitative estimate of drug-likeness (QED) is 0.725. The molecule has 0 saturated carbocycles. The molecule has 14 heavy (non-hydrogen) atoms. The van der Waals surface area contributed by atoms with Crippen molar-refractivity contribution < 1.29 is 8.78 Å². The van der Waals surface area contributed by atoms with Gasteiger partial charge in [-0.1, -0.05) is 35.8 Å². The Labute approximate surface area is 91.5 Å². The van der Waals surface area contributed by atoms with E-state index in [9.17, 15) is 8.78 Å². The van der Waals surface area contributed by atoms with E-state index in [0.29, 0.717) is 12.0 Å². The molecule has 0 unspecified atom stereocenters. The average molecular weight is 263 g/mol. The van der Waals surface area contributed by atoms with E-state index < -0.39 is 11.6 Å². The van der Waals surface area contributed by atoms with Crippen LogP contribution in [0.3, 0.4) is 0 Å². The SMILES string of the molecule is CC(C)(CBr)Cc1ccc(F)cc1F. The molecule has 0 saturated heterocycles. The first-order valence-electron chi connectivity index (χ1n) is 4.44. The third-order valence-corrected chi connectivity index (χ3v) is 3.56. The maximum atomic E-state index is 13.3. The second kappa shape index (κ2) is 4.39. The molecule has 0 heterocycles. The predicted molar refractivity (Wildman–Crippen MR) is 57.6 cm³/mol. The molecule has 0 nitrogen and oxygen atoms in total. The van der Waals surface area contributed by atoms with Gasteiger partial charge in [0.15, 0.2) is 0 Å². The summed E-state index contributed by atoms with van der Waals surface area (Å²) in [5.74, 6) is -0.984. The minimum Gasteiger partial charge on any atom is -0.207 e. The standard InChI is InChI=1S/C11H13BrF2/c1-11(2,7-12)6-8-3-4-9(13)5-10(8)14/h3-5H,6-7H2,1-2H3. The van der Waals surface area contributed by atoms with E-state index in [4.69, 9.17) is 0 Å². The molecule has 1 aromatic carbocycles. The smallest absolute Gasteiger partial charge is 0.129 e. The molecule has 78 valence electrons. The van der Waals surface area contributed by atoms with Gasteiger partial charge in [-0.3, -0.25) is 0 Å². The van der Waals surface area contributed by atoms with Crippen molar-refractivity contribution in [2.45, 2.75) is 20.3 Å². The molecule has 0 N–H and O–H groups in total. The highest BCUT2D eigenvalue weighted by atomic mass is 79.9. The normalized spacial score (nSPS) is 11.8. The van der Waals surface area contributed by atoms with Gasteiger partial charge in [0, 0.05) is 11.4 Å². The molecule has 0 aliphatic rings. The Morgan fingerprint density at radius 3 is 2.43 bits per heavy atom. The van der Waals surface area contributed by atoms with Crippen molar-refractivity contribution in [2.24, 2.45) is 5.41 Å². The molecule has 3 heteroatoms. The number of benzene rings is 1. The van der Waals surface area contributed by atoms with Gasteiger partial charge in [0.05, 0.1) is 0 Å². The van der Waals surface area contributed by atoms with E-state index in [1.807, 2.05) is 13.8 Å². The van der Waals surface area contributed by atoms with Crippen molar-refractivity contribution in [3.05, 3.63) is 35.4 Å². The summed E-state index contributed by atoms with van der Waals surface area (Å²) >= 11 is 3.37. The summed E-state index contributed by atoms with van der Waals surface area (Å²) in [6.07, 6.45) is 0.602. The monoisotopic (exact) mass is 262 g/mol. The maximum absolute atomic E-state index is 13.3. The minimum absolute atomic E-state index is 0.0152. The Morgan fingerprint density at radius 2 is 1.93 bits per heavy atom. The van der Waals surface area contributed by atoms with Gasteiger partial charge < -0.3 is 0 Å². The highest BCUT2D eigenvalue weighted by Gasteiger charge is 2.18. The molecule has 0 amide bonds. The fourth-order valence-corrected chi connectivity index (χ4v) is 1.43. The van der Waals surface area contributed by atoms with Crippen LogP contribution in [-0.4, -0.2) is 5.33 Å². The molecular formula is C11H13BrF2. The molecule has 0 aliphatic carbocycles. The van der Waals surface area contributed by atoms with Gasteiger partial charge >= 0.3 is 0 Å². The van der Waals surface area contributed by atoms with Crippen molar-refractivity contribution in [1.82, 2.24) is 0 Å². The van der Waals surface area contributed by atoms with E-state index in [-0.39, 0.29) is 5.41 Å². The van der Waals surface area contributed by atoms with E-state index in [1.54, 1.807) is 0 Å².